The first-order valence-corrected chi connectivity index (χ1v) is 12.7. The van der Waals surface area contributed by atoms with Gasteiger partial charge in [0.05, 0.1) is 0 Å². The maximum atomic E-state index is 3.93. The molecule has 0 aliphatic carbocycles. The lowest BCUT2D eigenvalue weighted by Gasteiger charge is -2.13. The van der Waals surface area contributed by atoms with Gasteiger partial charge in [-0.25, -0.2) is 0 Å². The van der Waals surface area contributed by atoms with E-state index in [0.29, 0.717) is 5.92 Å². The van der Waals surface area contributed by atoms with Gasteiger partial charge in [0, 0.05) is 0 Å². The molecule has 194 valence electrons. The lowest BCUT2D eigenvalue weighted by atomic mass is 9.92. The summed E-state index contributed by atoms with van der Waals surface area (Å²) in [5.41, 5.74) is 8.90. The molecule has 0 heterocycles. The highest BCUT2D eigenvalue weighted by Gasteiger charge is 2.07. The molecule has 0 aromatic heterocycles. The molecule has 0 N–H and O–H groups in total. The highest BCUT2D eigenvalue weighted by molar-refractivity contribution is 5.56. The molecular formula is C33H62. The van der Waals surface area contributed by atoms with E-state index in [0.717, 1.165) is 0 Å². The number of allylic oxidation sites excluding steroid dienone is 12. The lowest BCUT2D eigenvalue weighted by molar-refractivity contribution is 0.773. The van der Waals surface area contributed by atoms with Crippen molar-refractivity contribution in [2.75, 3.05) is 0 Å². The van der Waals surface area contributed by atoms with Gasteiger partial charge in [0.1, 0.15) is 0 Å². The molecule has 0 saturated heterocycles. The van der Waals surface area contributed by atoms with Gasteiger partial charge in [0.2, 0.25) is 0 Å². The van der Waals surface area contributed by atoms with E-state index < -0.39 is 0 Å². The summed E-state index contributed by atoms with van der Waals surface area (Å²) in [5, 5.41) is 0. The van der Waals surface area contributed by atoms with Crippen LogP contribution in [0.5, 0.6) is 0 Å². The van der Waals surface area contributed by atoms with E-state index in [1.165, 1.54) is 39.0 Å². The van der Waals surface area contributed by atoms with E-state index in [4.69, 9.17) is 0 Å². The molecule has 0 bridgehead atoms. The summed E-state index contributed by atoms with van der Waals surface area (Å²) in [6, 6.07) is 0. The second-order valence-corrected chi connectivity index (χ2v) is 6.86. The van der Waals surface area contributed by atoms with Crippen LogP contribution in [0.4, 0.5) is 0 Å². The van der Waals surface area contributed by atoms with Gasteiger partial charge in [-0.2, -0.15) is 0 Å². The Morgan fingerprint density at radius 2 is 1.00 bits per heavy atom. The maximum Gasteiger partial charge on any atom is -0.0192 e. The third kappa shape index (κ3) is 26.1. The van der Waals surface area contributed by atoms with E-state index in [-0.39, 0.29) is 0 Å². The minimum absolute atomic E-state index is 0.657. The predicted molar refractivity (Wildman–Crippen MR) is 164 cm³/mol. The quantitative estimate of drug-likeness (QED) is 0.274. The van der Waals surface area contributed by atoms with Gasteiger partial charge in [-0.1, -0.05) is 104 Å². The monoisotopic (exact) mass is 458 g/mol. The molecule has 0 atom stereocenters. The van der Waals surface area contributed by atoms with Crippen LogP contribution in [0.1, 0.15) is 111 Å². The standard InChI is InChI=1S/C19H28.C6H12.3C2H6.C2H4/c1-9-15(7)17(11-3)13-19(14(5)6)18(12-4)16(8)10-2;1-5(2)6(3)4;4*1-2/h9-13H,3H2,1-2,4-8H3;6H,1H2,2-4H3;3*1-2H3;1-2H2/b15-9+,16-10+,17-13+,18-12-;;;;;. The average molecular weight is 459 g/mol. The van der Waals surface area contributed by atoms with Crippen molar-refractivity contribution in [1.29, 1.82) is 0 Å². The van der Waals surface area contributed by atoms with Crippen molar-refractivity contribution in [2.24, 2.45) is 5.92 Å². The van der Waals surface area contributed by atoms with E-state index in [1.54, 1.807) is 0 Å². The Labute approximate surface area is 212 Å². The van der Waals surface area contributed by atoms with Gasteiger partial charge < -0.3 is 0 Å². The highest BCUT2D eigenvalue weighted by atomic mass is 14.1. The maximum absolute atomic E-state index is 3.93. The van der Waals surface area contributed by atoms with Crippen LogP contribution in [0, 0.1) is 5.92 Å². The number of rotatable bonds is 6. The summed E-state index contributed by atoms with van der Waals surface area (Å²) >= 11 is 0. The highest BCUT2D eigenvalue weighted by Crippen LogP contribution is 2.26. The van der Waals surface area contributed by atoms with Gasteiger partial charge in [-0.05, 0) is 95.2 Å². The average Bonchev–Trinajstić information content (AvgIpc) is 2.85. The van der Waals surface area contributed by atoms with Crippen molar-refractivity contribution in [2.45, 2.75) is 111 Å². The molecule has 0 nitrogen and oxygen atoms in total. The van der Waals surface area contributed by atoms with E-state index in [9.17, 15) is 0 Å². The van der Waals surface area contributed by atoms with Crippen LogP contribution in [-0.4, -0.2) is 0 Å². The normalized spacial score (nSPS) is 10.7. The van der Waals surface area contributed by atoms with Crippen LogP contribution < -0.4 is 0 Å². The first-order valence-electron chi connectivity index (χ1n) is 12.7. The van der Waals surface area contributed by atoms with Crippen LogP contribution in [0.3, 0.4) is 0 Å². The molecule has 0 heteroatoms. The summed E-state index contributed by atoms with van der Waals surface area (Å²) in [6.07, 6.45) is 10.6. The van der Waals surface area contributed by atoms with Crippen molar-refractivity contribution in [3.8, 4) is 0 Å². The molecule has 0 fully saturated rings. The number of hydrogen-bond acceptors (Lipinski definition) is 0. The van der Waals surface area contributed by atoms with E-state index in [1.807, 2.05) is 54.5 Å². The second-order valence-electron chi connectivity index (χ2n) is 6.86. The molecule has 0 aromatic rings. The zero-order valence-electron chi connectivity index (χ0n) is 25.8. The summed E-state index contributed by atoms with van der Waals surface area (Å²) in [7, 11) is 0. The van der Waals surface area contributed by atoms with Crippen LogP contribution in [0.2, 0.25) is 0 Å². The van der Waals surface area contributed by atoms with Crippen molar-refractivity contribution in [3.63, 3.8) is 0 Å². The topological polar surface area (TPSA) is 0 Å². The Bertz CT molecular complexity index is 606. The Morgan fingerprint density at radius 1 is 0.667 bits per heavy atom. The van der Waals surface area contributed by atoms with Gasteiger partial charge >= 0.3 is 0 Å². The molecule has 0 radical (unpaired) electrons. The van der Waals surface area contributed by atoms with Crippen LogP contribution in [0.15, 0.2) is 95.7 Å². The van der Waals surface area contributed by atoms with Gasteiger partial charge in [-0.3, -0.25) is 0 Å². The molecule has 0 rings (SSSR count). The summed E-state index contributed by atoms with van der Waals surface area (Å²) in [6.45, 7) is 46.8. The molecule has 0 unspecified atom stereocenters. The molecule has 0 spiro atoms. The lowest BCUT2D eigenvalue weighted by Crippen LogP contribution is -1.94. The van der Waals surface area contributed by atoms with Crippen molar-refractivity contribution < 1.29 is 0 Å². The zero-order valence-corrected chi connectivity index (χ0v) is 25.8. The first kappa shape index (κ1) is 44.6. The molecule has 33 heavy (non-hydrogen) atoms. The smallest absolute Gasteiger partial charge is 0.0192 e. The minimum Gasteiger partial charge on any atom is -0.106 e. The van der Waals surface area contributed by atoms with E-state index >= 15 is 0 Å². The second kappa shape index (κ2) is 34.5. The largest absolute Gasteiger partial charge is 0.106 e. The van der Waals surface area contributed by atoms with E-state index in [2.05, 4.69) is 113 Å². The summed E-state index contributed by atoms with van der Waals surface area (Å²) in [4.78, 5) is 0. The molecule has 0 saturated carbocycles. The van der Waals surface area contributed by atoms with Gasteiger partial charge in [-0.15, -0.1) is 13.2 Å². The third-order valence-electron chi connectivity index (χ3n) is 4.37. The Hall–Kier alpha value is -2.08. The summed E-state index contributed by atoms with van der Waals surface area (Å²) < 4.78 is 0. The zero-order chi connectivity index (χ0) is 28.2. The fourth-order valence-corrected chi connectivity index (χ4v) is 1.90. The predicted octanol–water partition coefficient (Wildman–Crippen LogP) is 12.4. The fourth-order valence-electron chi connectivity index (χ4n) is 1.90. The van der Waals surface area contributed by atoms with Crippen molar-refractivity contribution in [3.05, 3.63) is 95.7 Å². The van der Waals surface area contributed by atoms with Crippen molar-refractivity contribution in [1.82, 2.24) is 0 Å². The third-order valence-corrected chi connectivity index (χ3v) is 4.37. The molecular weight excluding hydrogens is 396 g/mol. The van der Waals surface area contributed by atoms with Crippen LogP contribution >= 0.6 is 0 Å². The first-order chi connectivity index (χ1) is 15.6. The van der Waals surface area contributed by atoms with Crippen molar-refractivity contribution >= 4 is 0 Å². The Morgan fingerprint density at radius 3 is 1.18 bits per heavy atom. The van der Waals surface area contributed by atoms with Gasteiger partial charge in [0.15, 0.2) is 0 Å². The molecule has 0 aromatic carbocycles. The molecule has 0 aliphatic rings. The van der Waals surface area contributed by atoms with Gasteiger partial charge in [0.25, 0.3) is 0 Å². The molecule has 0 aliphatic heterocycles. The summed E-state index contributed by atoms with van der Waals surface area (Å²) in [5.74, 6) is 0.657. The Kier molecular flexibility index (Phi) is 46.6. The number of hydrogen-bond donors (Lipinski definition) is 0. The van der Waals surface area contributed by atoms with Crippen LogP contribution in [0.25, 0.3) is 0 Å². The fraction of sp³-hybridized carbons (Fsp3) is 0.515. The molecule has 0 amide bonds. The Balaban J connectivity index is -0.000000108. The minimum atomic E-state index is 0.657. The van der Waals surface area contributed by atoms with Crippen LogP contribution in [-0.2, 0) is 0 Å². The SMILES string of the molecule is C=C.C=C(C)C(C)C.C=CC(=C\C(=C(C)C)C(=C\C)/C(C)=C/C)/C(C)=C/C.CC.CC.CC.